The molecule has 0 radical (unpaired) electrons. The van der Waals surface area contributed by atoms with Crippen molar-refractivity contribution in [2.75, 3.05) is 52.6 Å². The van der Waals surface area contributed by atoms with E-state index in [1.54, 1.807) is 0 Å². The van der Waals surface area contributed by atoms with Gasteiger partial charge in [-0.15, -0.1) is 24.0 Å². The van der Waals surface area contributed by atoms with E-state index < -0.39 is 0 Å². The molecule has 182 valence electrons. The van der Waals surface area contributed by atoms with Crippen molar-refractivity contribution in [3.05, 3.63) is 35.4 Å². The second-order valence-electron chi connectivity index (χ2n) is 8.60. The summed E-state index contributed by atoms with van der Waals surface area (Å²) in [4.78, 5) is 7.13. The maximum Gasteiger partial charge on any atom is 0.191 e. The van der Waals surface area contributed by atoms with Crippen LogP contribution in [0.2, 0.25) is 0 Å². The second kappa shape index (κ2) is 15.8. The van der Waals surface area contributed by atoms with Gasteiger partial charge in [0.15, 0.2) is 5.96 Å². The summed E-state index contributed by atoms with van der Waals surface area (Å²) in [7, 11) is 0. The van der Waals surface area contributed by atoms with Crippen molar-refractivity contribution in [3.8, 4) is 0 Å². The first-order valence-electron chi connectivity index (χ1n) is 11.9. The van der Waals surface area contributed by atoms with Gasteiger partial charge < -0.3 is 25.2 Å². The lowest BCUT2D eigenvalue weighted by Crippen LogP contribution is -2.38. The summed E-state index contributed by atoms with van der Waals surface area (Å²) in [6.45, 7) is 10.6. The molecule has 1 atom stereocenters. The average Bonchev–Trinajstić information content (AvgIpc) is 3.30. The number of aliphatic hydroxyl groups excluding tert-OH is 1. The number of aliphatic imine (C=N–C) groups is 1. The quantitative estimate of drug-likeness (QED) is 0.167. The van der Waals surface area contributed by atoms with Gasteiger partial charge in [0.05, 0.1) is 25.9 Å². The van der Waals surface area contributed by atoms with Crippen molar-refractivity contribution in [1.82, 2.24) is 15.5 Å². The predicted octanol–water partition coefficient (Wildman–Crippen LogP) is 2.76. The number of hydrogen-bond acceptors (Lipinski definition) is 5. The van der Waals surface area contributed by atoms with Crippen LogP contribution < -0.4 is 10.6 Å². The topological polar surface area (TPSA) is 78.4 Å². The summed E-state index contributed by atoms with van der Waals surface area (Å²) in [6, 6.07) is 8.73. The largest absolute Gasteiger partial charge is 0.393 e. The number of benzene rings is 1. The molecule has 0 spiro atoms. The van der Waals surface area contributed by atoms with Crippen LogP contribution in [-0.4, -0.2) is 74.7 Å². The highest BCUT2D eigenvalue weighted by Crippen LogP contribution is 2.15. The van der Waals surface area contributed by atoms with Gasteiger partial charge >= 0.3 is 0 Å². The van der Waals surface area contributed by atoms with E-state index in [-0.39, 0.29) is 30.1 Å². The smallest absolute Gasteiger partial charge is 0.191 e. The van der Waals surface area contributed by atoms with Gasteiger partial charge in [0.25, 0.3) is 0 Å². The summed E-state index contributed by atoms with van der Waals surface area (Å²) in [5.41, 5.74) is 2.52. The molecule has 0 aliphatic carbocycles. The molecule has 2 heterocycles. The van der Waals surface area contributed by atoms with Crippen LogP contribution in [0.25, 0.3) is 0 Å². The molecule has 32 heavy (non-hydrogen) atoms. The number of nitrogens with one attached hydrogen (secondary N) is 2. The highest BCUT2D eigenvalue weighted by Gasteiger charge is 2.17. The molecule has 0 bridgehead atoms. The Morgan fingerprint density at radius 1 is 1.16 bits per heavy atom. The fraction of sp³-hybridized carbons (Fsp3) is 0.708. The van der Waals surface area contributed by atoms with E-state index in [1.807, 2.05) is 0 Å². The number of guanidine groups is 1. The number of hydrogen-bond donors (Lipinski definition) is 3. The first-order chi connectivity index (χ1) is 15.2. The monoisotopic (exact) mass is 560 g/mol. The standard InChI is InChI=1S/C24H40N4O3.HI/c1-2-25-24(26-11-3-14-30-18-22-10-15-31-19-22)27-16-20-4-6-21(7-5-20)17-28-12-8-23(29)9-13-28;/h4-7,22-23,29H,2-3,8-19H2,1H3,(H2,25,26,27);1H. The Kier molecular flexibility index (Phi) is 13.5. The fourth-order valence-electron chi connectivity index (χ4n) is 3.94. The third-order valence-corrected chi connectivity index (χ3v) is 5.89. The predicted molar refractivity (Wildman–Crippen MR) is 140 cm³/mol. The molecule has 1 aromatic carbocycles. The molecular formula is C24H41IN4O3. The maximum atomic E-state index is 9.64. The van der Waals surface area contributed by atoms with E-state index in [1.165, 1.54) is 11.1 Å². The zero-order chi connectivity index (χ0) is 21.7. The Balaban J connectivity index is 0.00000363. The molecule has 0 saturated carbocycles. The van der Waals surface area contributed by atoms with Gasteiger partial charge in [-0.1, -0.05) is 24.3 Å². The Morgan fingerprint density at radius 2 is 1.91 bits per heavy atom. The van der Waals surface area contributed by atoms with Crippen LogP contribution in [0.1, 0.15) is 43.7 Å². The van der Waals surface area contributed by atoms with E-state index >= 15 is 0 Å². The van der Waals surface area contributed by atoms with Gasteiger partial charge in [-0.3, -0.25) is 4.90 Å². The molecule has 7 nitrogen and oxygen atoms in total. The number of aliphatic hydroxyl groups is 1. The minimum Gasteiger partial charge on any atom is -0.393 e. The summed E-state index contributed by atoms with van der Waals surface area (Å²) in [6.07, 6.45) is 3.73. The minimum atomic E-state index is -0.115. The van der Waals surface area contributed by atoms with E-state index in [9.17, 15) is 5.11 Å². The van der Waals surface area contributed by atoms with Crippen molar-refractivity contribution >= 4 is 29.9 Å². The highest BCUT2D eigenvalue weighted by atomic mass is 127. The number of piperidine rings is 1. The summed E-state index contributed by atoms with van der Waals surface area (Å²) in [5, 5.41) is 16.4. The first kappa shape index (κ1) is 27.3. The van der Waals surface area contributed by atoms with Crippen molar-refractivity contribution in [3.63, 3.8) is 0 Å². The lowest BCUT2D eigenvalue weighted by Gasteiger charge is -2.29. The lowest BCUT2D eigenvalue weighted by molar-refractivity contribution is 0.0792. The van der Waals surface area contributed by atoms with Crippen molar-refractivity contribution in [2.24, 2.45) is 10.9 Å². The molecule has 0 amide bonds. The summed E-state index contributed by atoms with van der Waals surface area (Å²) < 4.78 is 11.1. The molecule has 3 rings (SSSR count). The van der Waals surface area contributed by atoms with Gasteiger partial charge in [0.2, 0.25) is 0 Å². The summed E-state index contributed by atoms with van der Waals surface area (Å²) >= 11 is 0. The van der Waals surface area contributed by atoms with Crippen LogP contribution in [0.15, 0.2) is 29.3 Å². The maximum absolute atomic E-state index is 9.64. The number of likely N-dealkylation sites (tertiary alicyclic amines) is 1. The van der Waals surface area contributed by atoms with Crippen LogP contribution in [0, 0.1) is 5.92 Å². The third kappa shape index (κ3) is 10.3. The Morgan fingerprint density at radius 3 is 2.59 bits per heavy atom. The molecule has 2 aliphatic rings. The van der Waals surface area contributed by atoms with Crippen molar-refractivity contribution < 1.29 is 14.6 Å². The fourth-order valence-corrected chi connectivity index (χ4v) is 3.94. The molecular weight excluding hydrogens is 519 g/mol. The zero-order valence-corrected chi connectivity index (χ0v) is 21.8. The molecule has 0 aromatic heterocycles. The Hall–Kier alpha value is -0.940. The zero-order valence-electron chi connectivity index (χ0n) is 19.4. The first-order valence-corrected chi connectivity index (χ1v) is 11.9. The third-order valence-electron chi connectivity index (χ3n) is 5.89. The van der Waals surface area contributed by atoms with Crippen LogP contribution in [0.3, 0.4) is 0 Å². The molecule has 2 fully saturated rings. The van der Waals surface area contributed by atoms with Gasteiger partial charge in [0, 0.05) is 51.9 Å². The molecule has 2 aliphatic heterocycles. The second-order valence-corrected chi connectivity index (χ2v) is 8.60. The number of ether oxygens (including phenoxy) is 2. The number of halogens is 1. The molecule has 2 saturated heterocycles. The molecule has 3 N–H and O–H groups in total. The van der Waals surface area contributed by atoms with Crippen molar-refractivity contribution in [2.45, 2.75) is 51.8 Å². The Labute approximate surface area is 210 Å². The van der Waals surface area contributed by atoms with Gasteiger partial charge in [0.1, 0.15) is 0 Å². The minimum absolute atomic E-state index is 0. The normalized spacial score (nSPS) is 20.2. The number of nitrogens with zero attached hydrogens (tertiary/aromatic N) is 2. The van der Waals surface area contributed by atoms with Crippen molar-refractivity contribution in [1.29, 1.82) is 0 Å². The molecule has 1 unspecified atom stereocenters. The van der Waals surface area contributed by atoms with Crippen LogP contribution in [-0.2, 0) is 22.6 Å². The van der Waals surface area contributed by atoms with E-state index in [0.717, 1.165) is 90.8 Å². The van der Waals surface area contributed by atoms with E-state index in [4.69, 9.17) is 14.5 Å². The Bertz CT molecular complexity index is 645. The lowest BCUT2D eigenvalue weighted by atomic mass is 10.1. The average molecular weight is 561 g/mol. The molecule has 8 heteroatoms. The summed E-state index contributed by atoms with van der Waals surface area (Å²) in [5.74, 6) is 1.42. The van der Waals surface area contributed by atoms with E-state index in [2.05, 4.69) is 46.7 Å². The van der Waals surface area contributed by atoms with Gasteiger partial charge in [-0.25, -0.2) is 4.99 Å². The molecule has 1 aromatic rings. The van der Waals surface area contributed by atoms with Crippen LogP contribution in [0.5, 0.6) is 0 Å². The van der Waals surface area contributed by atoms with E-state index in [0.29, 0.717) is 12.5 Å². The van der Waals surface area contributed by atoms with Gasteiger partial charge in [-0.05, 0) is 43.7 Å². The van der Waals surface area contributed by atoms with Crippen LogP contribution >= 0.6 is 24.0 Å². The highest BCUT2D eigenvalue weighted by molar-refractivity contribution is 14.0. The SMILES string of the molecule is CCNC(=NCc1ccc(CN2CCC(O)CC2)cc1)NCCCOCC1CCOC1.I. The van der Waals surface area contributed by atoms with Crippen LogP contribution in [0.4, 0.5) is 0 Å². The van der Waals surface area contributed by atoms with Gasteiger partial charge in [-0.2, -0.15) is 0 Å². The number of rotatable bonds is 11.